The minimum absolute atomic E-state index is 0. The van der Waals surface area contributed by atoms with Crippen molar-refractivity contribution in [1.29, 1.82) is 0 Å². The fourth-order valence-corrected chi connectivity index (χ4v) is 2.67. The molecule has 0 aromatic carbocycles. The van der Waals surface area contributed by atoms with E-state index in [0.29, 0.717) is 6.42 Å². The van der Waals surface area contributed by atoms with Crippen LogP contribution in [0.1, 0.15) is 78.1 Å². The zero-order valence-electron chi connectivity index (χ0n) is 13.9. The predicted octanol–water partition coefficient (Wildman–Crippen LogP) is 2.41. The first kappa shape index (κ1) is 25.6. The van der Waals surface area contributed by atoms with Crippen LogP contribution in [0.3, 0.4) is 0 Å². The van der Waals surface area contributed by atoms with Crippen LogP contribution in [0.25, 0.3) is 0 Å². The van der Waals surface area contributed by atoms with Gasteiger partial charge in [-0.2, -0.15) is 8.42 Å². The maximum atomic E-state index is 11.3. The van der Waals surface area contributed by atoms with Crippen molar-refractivity contribution in [3.63, 3.8) is 0 Å². The Bertz CT molecular complexity index is 387. The first-order valence-corrected chi connectivity index (χ1v) is 9.60. The Morgan fingerprint density at radius 2 is 1.39 bits per heavy atom. The molecule has 8 heteroatoms. The molecule has 0 radical (unpaired) electrons. The average Bonchev–Trinajstić information content (AvgIpc) is 2.44. The SMILES string of the molecule is CCCCCCCCCCCCOS(=O)(=O)OC(=O)[C@H](C)N.[NaH]. The van der Waals surface area contributed by atoms with Gasteiger partial charge in [-0.05, 0) is 13.3 Å². The van der Waals surface area contributed by atoms with Crippen LogP contribution in [0, 0.1) is 0 Å². The van der Waals surface area contributed by atoms with Crippen LogP contribution >= 0.6 is 0 Å². The topological polar surface area (TPSA) is 95.7 Å². The quantitative estimate of drug-likeness (QED) is 0.377. The predicted molar refractivity (Wildman–Crippen MR) is 93.6 cm³/mol. The van der Waals surface area contributed by atoms with Gasteiger partial charge in [0.05, 0.1) is 6.61 Å². The van der Waals surface area contributed by atoms with Gasteiger partial charge in [0, 0.05) is 0 Å². The van der Waals surface area contributed by atoms with Crippen LogP contribution in [-0.2, 0) is 23.6 Å². The number of carbonyl (C=O) groups excluding carboxylic acids is 1. The van der Waals surface area contributed by atoms with Crippen molar-refractivity contribution in [1.82, 2.24) is 0 Å². The molecule has 0 aliphatic heterocycles. The van der Waals surface area contributed by atoms with Crippen molar-refractivity contribution in [2.24, 2.45) is 5.73 Å². The van der Waals surface area contributed by atoms with E-state index in [1.165, 1.54) is 51.9 Å². The number of unbranched alkanes of at least 4 members (excludes halogenated alkanes) is 9. The molecule has 0 aliphatic rings. The van der Waals surface area contributed by atoms with E-state index in [2.05, 4.69) is 15.3 Å². The second kappa shape index (κ2) is 15.8. The number of carbonyl (C=O) groups is 1. The van der Waals surface area contributed by atoms with Gasteiger partial charge in [0.1, 0.15) is 6.04 Å². The summed E-state index contributed by atoms with van der Waals surface area (Å²) >= 11 is 0. The number of rotatable bonds is 14. The molecule has 2 N–H and O–H groups in total. The fourth-order valence-electron chi connectivity index (χ4n) is 1.95. The summed E-state index contributed by atoms with van der Waals surface area (Å²) in [4.78, 5) is 11.1. The molecule has 0 unspecified atom stereocenters. The van der Waals surface area contributed by atoms with E-state index in [1.807, 2.05) is 0 Å². The third-order valence-corrected chi connectivity index (χ3v) is 4.11. The average molecular weight is 361 g/mol. The summed E-state index contributed by atoms with van der Waals surface area (Å²) in [5.41, 5.74) is 5.21. The molecule has 134 valence electrons. The van der Waals surface area contributed by atoms with Gasteiger partial charge in [-0.25, -0.2) is 8.98 Å². The summed E-state index contributed by atoms with van der Waals surface area (Å²) in [5, 5.41) is 0. The van der Waals surface area contributed by atoms with Crippen LogP contribution in [0.5, 0.6) is 0 Å². The zero-order chi connectivity index (χ0) is 16.8. The van der Waals surface area contributed by atoms with Crippen molar-refractivity contribution in [3.8, 4) is 0 Å². The van der Waals surface area contributed by atoms with Gasteiger partial charge in [-0.1, -0.05) is 64.7 Å². The molecule has 0 aromatic heterocycles. The molecular formula is C15H32NNaO5S. The standard InChI is InChI=1S/C15H31NO5S.Na.H/c1-3-4-5-6-7-8-9-10-11-12-13-20-22(18,19)21-15(17)14(2)16;;/h14H,3-13,16H2,1-2H3;;/t14-;;/m0../s1. The molecule has 0 amide bonds. The number of hydrogen-bond acceptors (Lipinski definition) is 6. The van der Waals surface area contributed by atoms with Crippen molar-refractivity contribution in [3.05, 3.63) is 0 Å². The third kappa shape index (κ3) is 17.0. The summed E-state index contributed by atoms with van der Waals surface area (Å²) in [5.74, 6) is -1.01. The molecule has 23 heavy (non-hydrogen) atoms. The Morgan fingerprint density at radius 1 is 0.957 bits per heavy atom. The molecule has 0 saturated carbocycles. The molecule has 0 saturated heterocycles. The monoisotopic (exact) mass is 361 g/mol. The molecule has 0 fully saturated rings. The van der Waals surface area contributed by atoms with Crippen LogP contribution in [-0.4, -0.2) is 56.6 Å². The van der Waals surface area contributed by atoms with E-state index in [-0.39, 0.29) is 36.2 Å². The van der Waals surface area contributed by atoms with E-state index in [1.54, 1.807) is 0 Å². The van der Waals surface area contributed by atoms with Gasteiger partial charge in [0.25, 0.3) is 0 Å². The molecule has 0 aromatic rings. The summed E-state index contributed by atoms with van der Waals surface area (Å²) in [6.07, 6.45) is 11.5. The fraction of sp³-hybridized carbons (Fsp3) is 0.933. The summed E-state index contributed by atoms with van der Waals surface area (Å²) in [6.45, 7) is 3.59. The van der Waals surface area contributed by atoms with Gasteiger partial charge in [0.2, 0.25) is 0 Å². The summed E-state index contributed by atoms with van der Waals surface area (Å²) < 4.78 is 31.3. The van der Waals surface area contributed by atoms with E-state index in [0.717, 1.165) is 12.8 Å². The third-order valence-electron chi connectivity index (χ3n) is 3.28. The van der Waals surface area contributed by atoms with Crippen molar-refractivity contribution >= 4 is 45.9 Å². The zero-order valence-corrected chi connectivity index (χ0v) is 14.7. The maximum absolute atomic E-state index is 11.3. The summed E-state index contributed by atoms with van der Waals surface area (Å²) in [6, 6.07) is -0.990. The number of nitrogens with two attached hydrogens (primary N) is 1. The molecule has 0 spiro atoms. The van der Waals surface area contributed by atoms with Crippen molar-refractivity contribution < 1.29 is 21.6 Å². The second-order valence-electron chi connectivity index (χ2n) is 5.60. The van der Waals surface area contributed by atoms with Crippen LogP contribution in [0.15, 0.2) is 0 Å². The van der Waals surface area contributed by atoms with E-state index in [4.69, 9.17) is 5.73 Å². The number of hydrogen-bond donors (Lipinski definition) is 1. The van der Waals surface area contributed by atoms with Crippen LogP contribution < -0.4 is 5.73 Å². The van der Waals surface area contributed by atoms with Gasteiger partial charge >= 0.3 is 45.9 Å². The Kier molecular flexibility index (Phi) is 17.6. The Morgan fingerprint density at radius 3 is 1.83 bits per heavy atom. The van der Waals surface area contributed by atoms with Crippen LogP contribution in [0.4, 0.5) is 0 Å². The van der Waals surface area contributed by atoms with E-state index < -0.39 is 22.4 Å². The van der Waals surface area contributed by atoms with Crippen molar-refractivity contribution in [2.45, 2.75) is 84.1 Å². The molecule has 6 nitrogen and oxygen atoms in total. The first-order valence-electron chi connectivity index (χ1n) is 8.27. The molecule has 0 aliphatic carbocycles. The molecule has 1 atom stereocenters. The van der Waals surface area contributed by atoms with E-state index >= 15 is 0 Å². The van der Waals surface area contributed by atoms with Gasteiger partial charge < -0.3 is 9.92 Å². The molecular weight excluding hydrogens is 329 g/mol. The second-order valence-corrected chi connectivity index (χ2v) is 6.82. The first-order chi connectivity index (χ1) is 10.4. The van der Waals surface area contributed by atoms with Crippen LogP contribution in [0.2, 0.25) is 0 Å². The molecule has 0 heterocycles. The van der Waals surface area contributed by atoms with E-state index in [9.17, 15) is 13.2 Å². The Balaban J connectivity index is 0. The Labute approximate surface area is 163 Å². The van der Waals surface area contributed by atoms with Gasteiger partial charge in [-0.3, -0.25) is 0 Å². The van der Waals surface area contributed by atoms with Gasteiger partial charge in [-0.15, -0.1) is 0 Å². The molecule has 0 rings (SSSR count). The molecule has 0 bridgehead atoms. The minimum atomic E-state index is -4.27. The summed E-state index contributed by atoms with van der Waals surface area (Å²) in [7, 11) is -4.27. The normalized spacial score (nSPS) is 12.5. The van der Waals surface area contributed by atoms with Crippen molar-refractivity contribution in [2.75, 3.05) is 6.61 Å². The van der Waals surface area contributed by atoms with Gasteiger partial charge in [0.15, 0.2) is 0 Å². The Hall–Kier alpha value is 0.340.